The fraction of sp³-hybridized carbons (Fsp3) is 0.214. The Morgan fingerprint density at radius 1 is 0.889 bits per heavy atom. The first-order valence-corrected chi connectivity index (χ1v) is 12.7. The number of carbonyl (C=O) groups is 3. The number of thiophene rings is 1. The van der Waals surface area contributed by atoms with E-state index in [2.05, 4.69) is 5.10 Å². The van der Waals surface area contributed by atoms with Crippen molar-refractivity contribution in [3.8, 4) is 10.6 Å². The Morgan fingerprint density at radius 2 is 1.44 bits per heavy atom. The van der Waals surface area contributed by atoms with Crippen LogP contribution in [-0.2, 0) is 29.0 Å². The number of carboxylic acid groups (broad SMARTS) is 1. The van der Waals surface area contributed by atoms with Gasteiger partial charge in [0.2, 0.25) is 11.8 Å². The van der Waals surface area contributed by atoms with E-state index < -0.39 is 17.8 Å². The van der Waals surface area contributed by atoms with Gasteiger partial charge in [0.1, 0.15) is 11.3 Å². The summed E-state index contributed by atoms with van der Waals surface area (Å²) in [6.07, 6.45) is 2.82. The van der Waals surface area contributed by atoms with Crippen molar-refractivity contribution in [2.75, 3.05) is 4.90 Å². The van der Waals surface area contributed by atoms with Crippen LogP contribution >= 0.6 is 11.3 Å². The van der Waals surface area contributed by atoms with Crippen LogP contribution in [0.15, 0.2) is 78.3 Å². The second-order valence-electron chi connectivity index (χ2n) is 8.28. The third-order valence-electron chi connectivity index (χ3n) is 5.86. The van der Waals surface area contributed by atoms with Crippen molar-refractivity contribution in [2.45, 2.75) is 39.2 Å². The van der Waals surface area contributed by atoms with Gasteiger partial charge in [-0.1, -0.05) is 60.7 Å². The quantitative estimate of drug-likeness (QED) is 0.312. The minimum atomic E-state index is -1.20. The standard InChI is InChI=1S/C28H27N3O4S/c1-2-30-18-17-22(29-30)27-26(28(34)35)23(19-36-27)31(24(32)15-13-20-9-5-3-6-10-20)25(33)16-14-21-11-7-4-8-12-21/h3-12,17-19H,2,13-16H2,1H3,(H,34,35). The number of imide groups is 1. The van der Waals surface area contributed by atoms with Crippen molar-refractivity contribution >= 4 is 34.8 Å². The molecule has 4 aromatic rings. The zero-order valence-corrected chi connectivity index (χ0v) is 20.8. The molecule has 0 saturated heterocycles. The van der Waals surface area contributed by atoms with E-state index in [1.807, 2.05) is 67.6 Å². The van der Waals surface area contributed by atoms with Gasteiger partial charge in [0.25, 0.3) is 0 Å². The number of benzene rings is 2. The summed E-state index contributed by atoms with van der Waals surface area (Å²) in [6, 6.07) is 20.8. The first-order valence-electron chi connectivity index (χ1n) is 11.8. The van der Waals surface area contributed by atoms with Gasteiger partial charge in [-0.15, -0.1) is 11.3 Å². The normalized spacial score (nSPS) is 10.8. The molecule has 0 radical (unpaired) electrons. The minimum Gasteiger partial charge on any atom is -0.478 e. The smallest absolute Gasteiger partial charge is 0.339 e. The van der Waals surface area contributed by atoms with Gasteiger partial charge in [0, 0.05) is 31.0 Å². The maximum atomic E-state index is 13.4. The molecule has 7 nitrogen and oxygen atoms in total. The predicted octanol–water partition coefficient (Wildman–Crippen LogP) is 5.45. The summed E-state index contributed by atoms with van der Waals surface area (Å²) >= 11 is 1.17. The first-order chi connectivity index (χ1) is 17.5. The fourth-order valence-electron chi connectivity index (χ4n) is 3.99. The van der Waals surface area contributed by atoms with E-state index in [0.717, 1.165) is 16.0 Å². The highest BCUT2D eigenvalue weighted by atomic mass is 32.1. The number of hydrogen-bond acceptors (Lipinski definition) is 5. The van der Waals surface area contributed by atoms with Crippen LogP contribution in [0.5, 0.6) is 0 Å². The molecule has 0 atom stereocenters. The van der Waals surface area contributed by atoms with Crippen molar-refractivity contribution in [1.82, 2.24) is 9.78 Å². The summed E-state index contributed by atoms with van der Waals surface area (Å²) < 4.78 is 1.70. The summed E-state index contributed by atoms with van der Waals surface area (Å²) in [5.41, 5.74) is 2.46. The van der Waals surface area contributed by atoms with Crippen molar-refractivity contribution in [2.24, 2.45) is 0 Å². The van der Waals surface area contributed by atoms with E-state index in [0.29, 0.717) is 30.0 Å². The zero-order valence-electron chi connectivity index (χ0n) is 20.0. The topological polar surface area (TPSA) is 92.5 Å². The second-order valence-corrected chi connectivity index (χ2v) is 9.16. The molecule has 0 aliphatic carbocycles. The third-order valence-corrected chi connectivity index (χ3v) is 6.85. The molecule has 0 bridgehead atoms. The van der Waals surface area contributed by atoms with Gasteiger partial charge >= 0.3 is 5.97 Å². The summed E-state index contributed by atoms with van der Waals surface area (Å²) in [5.74, 6) is -2.06. The first kappa shape index (κ1) is 25.1. The number of aryl methyl sites for hydroxylation is 3. The monoisotopic (exact) mass is 501 g/mol. The molecule has 2 aromatic heterocycles. The van der Waals surface area contributed by atoms with Crippen molar-refractivity contribution < 1.29 is 19.5 Å². The molecule has 0 aliphatic heterocycles. The van der Waals surface area contributed by atoms with E-state index in [9.17, 15) is 19.5 Å². The van der Waals surface area contributed by atoms with Gasteiger partial charge in [-0.3, -0.25) is 14.3 Å². The largest absolute Gasteiger partial charge is 0.478 e. The van der Waals surface area contributed by atoms with Crippen LogP contribution in [0, 0.1) is 0 Å². The molecule has 4 rings (SSSR count). The van der Waals surface area contributed by atoms with Gasteiger partial charge < -0.3 is 5.11 Å². The van der Waals surface area contributed by atoms with Gasteiger partial charge in [0.05, 0.1) is 10.6 Å². The second kappa shape index (κ2) is 11.6. The number of carboxylic acids is 1. The van der Waals surface area contributed by atoms with Crippen LogP contribution in [0.25, 0.3) is 10.6 Å². The number of anilines is 1. The van der Waals surface area contributed by atoms with E-state index >= 15 is 0 Å². The number of rotatable bonds is 10. The number of aromatic nitrogens is 2. The Bertz CT molecular complexity index is 1290. The van der Waals surface area contributed by atoms with Gasteiger partial charge in [0.15, 0.2) is 0 Å². The van der Waals surface area contributed by atoms with E-state index in [-0.39, 0.29) is 24.1 Å². The lowest BCUT2D eigenvalue weighted by Gasteiger charge is -2.21. The summed E-state index contributed by atoms with van der Waals surface area (Å²) in [6.45, 7) is 2.58. The molecule has 2 amide bonds. The zero-order chi connectivity index (χ0) is 25.5. The number of nitrogens with zero attached hydrogens (tertiary/aromatic N) is 3. The lowest BCUT2D eigenvalue weighted by molar-refractivity contribution is -0.126. The lowest BCUT2D eigenvalue weighted by Crippen LogP contribution is -2.38. The molecule has 184 valence electrons. The summed E-state index contributed by atoms with van der Waals surface area (Å²) in [4.78, 5) is 40.7. The van der Waals surface area contributed by atoms with Crippen molar-refractivity contribution in [3.05, 3.63) is 95.0 Å². The maximum Gasteiger partial charge on any atom is 0.339 e. The fourth-order valence-corrected chi connectivity index (χ4v) is 4.98. The molecule has 1 N–H and O–H groups in total. The molecule has 2 heterocycles. The Hall–Kier alpha value is -4.04. The summed E-state index contributed by atoms with van der Waals surface area (Å²) in [5, 5.41) is 16.1. The van der Waals surface area contributed by atoms with Crippen LogP contribution in [0.1, 0.15) is 41.3 Å². The number of amides is 2. The highest BCUT2D eigenvalue weighted by molar-refractivity contribution is 7.14. The Labute approximate surface area is 213 Å². The van der Waals surface area contributed by atoms with Crippen LogP contribution in [0.4, 0.5) is 5.69 Å². The van der Waals surface area contributed by atoms with E-state index in [4.69, 9.17) is 0 Å². The van der Waals surface area contributed by atoms with E-state index in [1.54, 1.807) is 22.3 Å². The highest BCUT2D eigenvalue weighted by Crippen LogP contribution is 2.38. The van der Waals surface area contributed by atoms with Gasteiger partial charge in [-0.2, -0.15) is 5.10 Å². The Morgan fingerprint density at radius 3 is 1.92 bits per heavy atom. The molecule has 2 aromatic carbocycles. The predicted molar refractivity (Wildman–Crippen MR) is 140 cm³/mol. The molecule has 36 heavy (non-hydrogen) atoms. The van der Waals surface area contributed by atoms with Crippen molar-refractivity contribution in [3.63, 3.8) is 0 Å². The average molecular weight is 502 g/mol. The number of aromatic carboxylic acids is 1. The molecule has 0 spiro atoms. The molecular formula is C28H27N3O4S. The minimum absolute atomic E-state index is 0.0792. The molecular weight excluding hydrogens is 474 g/mol. The van der Waals surface area contributed by atoms with Crippen LogP contribution < -0.4 is 4.90 Å². The van der Waals surface area contributed by atoms with Gasteiger partial charge in [-0.05, 0) is 37.0 Å². The molecule has 0 aliphatic rings. The molecule has 0 saturated carbocycles. The number of hydrogen-bond donors (Lipinski definition) is 1. The highest BCUT2D eigenvalue weighted by Gasteiger charge is 2.31. The molecule has 0 unspecified atom stereocenters. The van der Waals surface area contributed by atoms with Gasteiger partial charge in [-0.25, -0.2) is 9.69 Å². The molecule has 0 fully saturated rings. The SMILES string of the molecule is CCn1ccc(-c2scc(N(C(=O)CCc3ccccc3)C(=O)CCc3ccccc3)c2C(=O)O)n1. The summed E-state index contributed by atoms with van der Waals surface area (Å²) in [7, 11) is 0. The van der Waals surface area contributed by atoms with Crippen molar-refractivity contribution in [1.29, 1.82) is 0 Å². The van der Waals surface area contributed by atoms with Crippen LogP contribution in [0.3, 0.4) is 0 Å². The average Bonchev–Trinajstić information content (AvgIpc) is 3.55. The number of carbonyl (C=O) groups excluding carboxylic acids is 2. The Kier molecular flexibility index (Phi) is 8.07. The molecule has 8 heteroatoms. The van der Waals surface area contributed by atoms with Crippen LogP contribution in [-0.4, -0.2) is 32.7 Å². The maximum absolute atomic E-state index is 13.4. The Balaban J connectivity index is 1.66. The van der Waals surface area contributed by atoms with Crippen LogP contribution in [0.2, 0.25) is 0 Å². The van der Waals surface area contributed by atoms with E-state index in [1.165, 1.54) is 11.3 Å². The third kappa shape index (κ3) is 5.78. The lowest BCUT2D eigenvalue weighted by atomic mass is 10.1.